The Kier molecular flexibility index (Phi) is 8.75. The number of piperidine rings is 1. The monoisotopic (exact) mass is 496 g/mol. The zero-order chi connectivity index (χ0) is 19.1. The van der Waals surface area contributed by atoms with E-state index in [1.165, 1.54) is 0 Å². The Hall–Kier alpha value is -2.10. The summed E-state index contributed by atoms with van der Waals surface area (Å²) in [6.45, 7) is 5.13. The van der Waals surface area contributed by atoms with Crippen LogP contribution in [0.25, 0.3) is 5.69 Å². The summed E-state index contributed by atoms with van der Waals surface area (Å²) >= 11 is 0. The zero-order valence-electron chi connectivity index (χ0n) is 16.3. The molecule has 1 aliphatic rings. The molecule has 0 spiro atoms. The van der Waals surface area contributed by atoms with Crippen LogP contribution in [0, 0.1) is 5.92 Å². The summed E-state index contributed by atoms with van der Waals surface area (Å²) in [6.07, 6.45) is 4.49. The lowest BCUT2D eigenvalue weighted by atomic mass is 9.95. The molecule has 152 valence electrons. The molecule has 3 rings (SSSR count). The van der Waals surface area contributed by atoms with Gasteiger partial charge in [-0.2, -0.15) is 5.10 Å². The van der Waals surface area contributed by atoms with E-state index >= 15 is 0 Å². The molecule has 0 aliphatic carbocycles. The van der Waals surface area contributed by atoms with Crippen molar-refractivity contribution in [2.45, 2.75) is 32.7 Å². The maximum atomic E-state index is 11.2. The minimum Gasteiger partial charge on any atom is -0.370 e. The number of carbonyl (C=O) groups is 1. The molecule has 1 aromatic carbocycles. The molecular weight excluding hydrogens is 467 g/mol. The van der Waals surface area contributed by atoms with E-state index in [1.807, 2.05) is 47.3 Å². The fraction of sp³-hybridized carbons (Fsp3) is 0.450. The number of benzene rings is 1. The third kappa shape index (κ3) is 6.22. The van der Waals surface area contributed by atoms with Crippen molar-refractivity contribution in [3.8, 4) is 5.69 Å². The normalized spacial score (nSPS) is 17.1. The van der Waals surface area contributed by atoms with Crippen LogP contribution in [0.15, 0.2) is 47.6 Å². The van der Waals surface area contributed by atoms with Crippen LogP contribution in [0.2, 0.25) is 0 Å². The number of primary amides is 1. The molecule has 0 saturated carbocycles. The van der Waals surface area contributed by atoms with Gasteiger partial charge in [0.2, 0.25) is 5.91 Å². The Labute approximate surface area is 183 Å². The number of aliphatic imine (C=N–C) groups is 1. The molecule has 2 aromatic rings. The van der Waals surface area contributed by atoms with E-state index in [1.54, 1.807) is 0 Å². The molecule has 7 nitrogen and oxygen atoms in total. The van der Waals surface area contributed by atoms with Gasteiger partial charge in [0.25, 0.3) is 0 Å². The van der Waals surface area contributed by atoms with Gasteiger partial charge < -0.3 is 16.0 Å². The van der Waals surface area contributed by atoms with Crippen LogP contribution in [0.4, 0.5) is 0 Å². The van der Waals surface area contributed by atoms with E-state index in [4.69, 9.17) is 10.7 Å². The van der Waals surface area contributed by atoms with Gasteiger partial charge >= 0.3 is 0 Å². The highest BCUT2D eigenvalue weighted by Gasteiger charge is 2.23. The largest absolute Gasteiger partial charge is 0.370 e. The number of halogens is 1. The lowest BCUT2D eigenvalue weighted by molar-refractivity contribution is -0.119. The highest BCUT2D eigenvalue weighted by Crippen LogP contribution is 2.19. The van der Waals surface area contributed by atoms with Crippen molar-refractivity contribution in [2.75, 3.05) is 19.6 Å². The average molecular weight is 496 g/mol. The molecular formula is C20H29IN6O. The number of nitrogens with one attached hydrogen (secondary N) is 1. The Balaban J connectivity index is 0.00000280. The second-order valence-electron chi connectivity index (χ2n) is 6.88. The third-order valence-electron chi connectivity index (χ3n) is 4.70. The topological polar surface area (TPSA) is 88.5 Å². The number of amides is 1. The second kappa shape index (κ2) is 11.0. The fourth-order valence-electron chi connectivity index (χ4n) is 3.46. The number of hydrogen-bond donors (Lipinski definition) is 2. The maximum Gasteiger partial charge on any atom is 0.217 e. The Morgan fingerprint density at radius 3 is 2.82 bits per heavy atom. The van der Waals surface area contributed by atoms with E-state index < -0.39 is 0 Å². The lowest BCUT2D eigenvalue weighted by Crippen LogP contribution is -2.47. The molecule has 1 atom stereocenters. The lowest BCUT2D eigenvalue weighted by Gasteiger charge is -2.34. The minimum absolute atomic E-state index is 0. The van der Waals surface area contributed by atoms with Crippen LogP contribution >= 0.6 is 24.0 Å². The second-order valence-corrected chi connectivity index (χ2v) is 6.88. The molecule has 0 radical (unpaired) electrons. The number of para-hydroxylation sites is 1. The van der Waals surface area contributed by atoms with Crippen molar-refractivity contribution in [3.05, 3.63) is 48.3 Å². The Morgan fingerprint density at radius 1 is 1.32 bits per heavy atom. The highest BCUT2D eigenvalue weighted by atomic mass is 127. The van der Waals surface area contributed by atoms with Crippen molar-refractivity contribution < 1.29 is 4.79 Å². The van der Waals surface area contributed by atoms with Gasteiger partial charge in [-0.3, -0.25) is 4.79 Å². The number of aromatic nitrogens is 2. The summed E-state index contributed by atoms with van der Waals surface area (Å²) in [5.41, 5.74) is 7.32. The van der Waals surface area contributed by atoms with E-state index in [-0.39, 0.29) is 29.9 Å². The van der Waals surface area contributed by atoms with Gasteiger partial charge in [-0.05, 0) is 43.9 Å². The molecule has 2 heterocycles. The van der Waals surface area contributed by atoms with Crippen LogP contribution in [0.5, 0.6) is 0 Å². The predicted molar refractivity (Wildman–Crippen MR) is 122 cm³/mol. The van der Waals surface area contributed by atoms with Crippen molar-refractivity contribution in [2.24, 2.45) is 16.6 Å². The van der Waals surface area contributed by atoms with E-state index in [9.17, 15) is 4.79 Å². The first-order valence-corrected chi connectivity index (χ1v) is 9.57. The summed E-state index contributed by atoms with van der Waals surface area (Å²) in [4.78, 5) is 18.2. The third-order valence-corrected chi connectivity index (χ3v) is 4.70. The van der Waals surface area contributed by atoms with Gasteiger partial charge in [0.1, 0.15) is 0 Å². The number of hydrogen-bond acceptors (Lipinski definition) is 3. The highest BCUT2D eigenvalue weighted by molar-refractivity contribution is 14.0. The molecule has 1 unspecified atom stereocenters. The SMILES string of the molecule is CCNC(=NCc1ccn(-c2ccccc2)n1)N1CCCC(CC(N)=O)C1.I. The maximum absolute atomic E-state index is 11.2. The first-order chi connectivity index (χ1) is 13.2. The molecule has 0 bridgehead atoms. The summed E-state index contributed by atoms with van der Waals surface area (Å²) in [7, 11) is 0. The van der Waals surface area contributed by atoms with Gasteiger partial charge in [0.15, 0.2) is 5.96 Å². The summed E-state index contributed by atoms with van der Waals surface area (Å²) in [5.74, 6) is 0.952. The quantitative estimate of drug-likeness (QED) is 0.366. The molecule has 1 amide bonds. The molecule has 8 heteroatoms. The number of likely N-dealkylation sites (tertiary alicyclic amines) is 1. The molecule has 1 aliphatic heterocycles. The van der Waals surface area contributed by atoms with Crippen molar-refractivity contribution in [1.29, 1.82) is 0 Å². The first kappa shape index (κ1) is 22.2. The number of nitrogens with two attached hydrogens (primary N) is 1. The summed E-state index contributed by atoms with van der Waals surface area (Å²) in [5, 5.41) is 7.97. The van der Waals surface area contributed by atoms with Gasteiger partial charge in [0.05, 0.1) is 17.9 Å². The molecule has 1 fully saturated rings. The van der Waals surface area contributed by atoms with Crippen LogP contribution < -0.4 is 11.1 Å². The summed E-state index contributed by atoms with van der Waals surface area (Å²) in [6, 6.07) is 12.0. The molecule has 28 heavy (non-hydrogen) atoms. The first-order valence-electron chi connectivity index (χ1n) is 9.57. The van der Waals surface area contributed by atoms with Gasteiger partial charge in [-0.15, -0.1) is 24.0 Å². The van der Waals surface area contributed by atoms with Crippen LogP contribution in [0.1, 0.15) is 31.9 Å². The number of nitrogens with zero attached hydrogens (tertiary/aromatic N) is 4. The smallest absolute Gasteiger partial charge is 0.217 e. The average Bonchev–Trinajstić information content (AvgIpc) is 3.14. The summed E-state index contributed by atoms with van der Waals surface area (Å²) < 4.78 is 1.86. The van der Waals surface area contributed by atoms with Gasteiger partial charge in [0, 0.05) is 32.3 Å². The molecule has 1 aromatic heterocycles. The molecule has 3 N–H and O–H groups in total. The van der Waals surface area contributed by atoms with E-state index in [0.717, 1.165) is 49.8 Å². The molecule has 1 saturated heterocycles. The van der Waals surface area contributed by atoms with Crippen molar-refractivity contribution in [1.82, 2.24) is 20.0 Å². The van der Waals surface area contributed by atoms with Crippen LogP contribution in [0.3, 0.4) is 0 Å². The number of rotatable bonds is 6. The van der Waals surface area contributed by atoms with Crippen LogP contribution in [-0.2, 0) is 11.3 Å². The van der Waals surface area contributed by atoms with Gasteiger partial charge in [-0.1, -0.05) is 18.2 Å². The Bertz CT molecular complexity index is 776. The fourth-order valence-corrected chi connectivity index (χ4v) is 3.46. The van der Waals surface area contributed by atoms with E-state index in [0.29, 0.717) is 18.9 Å². The number of guanidine groups is 1. The van der Waals surface area contributed by atoms with Crippen LogP contribution in [-0.4, -0.2) is 46.2 Å². The van der Waals surface area contributed by atoms with Gasteiger partial charge in [-0.25, -0.2) is 9.67 Å². The standard InChI is InChI=1S/C20H28N6O.HI/c1-2-22-20(25-11-6-7-16(15-25)13-19(21)27)23-14-17-10-12-26(24-17)18-8-4-3-5-9-18;/h3-5,8-10,12,16H,2,6-7,11,13-15H2,1H3,(H2,21,27)(H,22,23);1H. The van der Waals surface area contributed by atoms with E-state index in [2.05, 4.69) is 22.2 Å². The minimum atomic E-state index is -0.227. The number of carbonyl (C=O) groups excluding carboxylic acids is 1. The predicted octanol–water partition coefficient (Wildman–Crippen LogP) is 2.54. The Morgan fingerprint density at radius 2 is 2.11 bits per heavy atom. The van der Waals surface area contributed by atoms with Crippen molar-refractivity contribution >= 4 is 35.8 Å². The van der Waals surface area contributed by atoms with Crippen molar-refractivity contribution in [3.63, 3.8) is 0 Å². The zero-order valence-corrected chi connectivity index (χ0v) is 18.6.